The normalized spacial score (nSPS) is 10.8. The van der Waals surface area contributed by atoms with E-state index in [1.807, 2.05) is 18.2 Å². The number of benzene rings is 3. The lowest BCUT2D eigenvalue weighted by atomic mass is 10.1. The number of hydrogen-bond acceptors (Lipinski definition) is 2. The summed E-state index contributed by atoms with van der Waals surface area (Å²) in [5.74, 6) is 0. The molecule has 0 bridgehead atoms. The summed E-state index contributed by atoms with van der Waals surface area (Å²) >= 11 is 0. The zero-order valence-corrected chi connectivity index (χ0v) is 11.3. The van der Waals surface area contributed by atoms with Gasteiger partial charge in [-0.1, -0.05) is 72.8 Å². The van der Waals surface area contributed by atoms with Crippen molar-refractivity contribution < 1.29 is 4.84 Å². The molecule has 20 heavy (non-hydrogen) atoms. The predicted molar refractivity (Wildman–Crippen MR) is 82.0 cm³/mol. The van der Waals surface area contributed by atoms with Crippen LogP contribution in [0.1, 0.15) is 11.1 Å². The summed E-state index contributed by atoms with van der Waals surface area (Å²) in [5.41, 5.74) is 5.45. The van der Waals surface area contributed by atoms with Crippen LogP contribution in [0.3, 0.4) is 0 Å². The van der Waals surface area contributed by atoms with Crippen molar-refractivity contribution in [1.29, 1.82) is 0 Å². The zero-order valence-electron chi connectivity index (χ0n) is 11.3. The van der Waals surface area contributed by atoms with Crippen molar-refractivity contribution >= 4 is 10.8 Å². The molecule has 0 saturated heterocycles. The van der Waals surface area contributed by atoms with Crippen molar-refractivity contribution in [2.45, 2.75) is 13.2 Å². The maximum atomic E-state index is 5.52. The van der Waals surface area contributed by atoms with E-state index in [0.29, 0.717) is 13.2 Å². The van der Waals surface area contributed by atoms with E-state index < -0.39 is 0 Å². The summed E-state index contributed by atoms with van der Waals surface area (Å²) in [4.78, 5) is 5.52. The molecule has 0 amide bonds. The Kier molecular flexibility index (Phi) is 4.07. The third kappa shape index (κ3) is 3.05. The minimum Gasteiger partial charge on any atom is -0.297 e. The average molecular weight is 263 g/mol. The fourth-order valence-corrected chi connectivity index (χ4v) is 2.28. The second kappa shape index (κ2) is 6.33. The topological polar surface area (TPSA) is 21.3 Å². The molecular weight excluding hydrogens is 246 g/mol. The highest BCUT2D eigenvalue weighted by atomic mass is 16.6. The molecule has 100 valence electrons. The Morgan fingerprint density at radius 3 is 2.40 bits per heavy atom. The van der Waals surface area contributed by atoms with E-state index in [1.165, 1.54) is 16.3 Å². The highest BCUT2D eigenvalue weighted by molar-refractivity contribution is 5.85. The Morgan fingerprint density at radius 1 is 0.750 bits per heavy atom. The SMILES string of the molecule is c1ccc(CONCc2cccc3ccccc23)cc1. The molecule has 0 heterocycles. The lowest BCUT2D eigenvalue weighted by molar-refractivity contribution is 0.0237. The molecule has 0 saturated carbocycles. The first-order valence-electron chi connectivity index (χ1n) is 6.79. The number of rotatable bonds is 5. The standard InChI is InChI=1S/C18H17NO/c1-2-7-15(8-3-1)14-20-19-13-17-11-6-10-16-9-4-5-12-18(16)17/h1-12,19H,13-14H2. The molecule has 3 rings (SSSR count). The van der Waals surface area contributed by atoms with Gasteiger partial charge in [-0.05, 0) is 21.9 Å². The van der Waals surface area contributed by atoms with Gasteiger partial charge in [0.2, 0.25) is 0 Å². The summed E-state index contributed by atoms with van der Waals surface area (Å²) in [7, 11) is 0. The highest BCUT2D eigenvalue weighted by Crippen LogP contribution is 2.18. The Bertz CT molecular complexity index is 674. The van der Waals surface area contributed by atoms with Crippen LogP contribution in [0.2, 0.25) is 0 Å². The van der Waals surface area contributed by atoms with Crippen LogP contribution in [-0.2, 0) is 18.0 Å². The van der Waals surface area contributed by atoms with Crippen molar-refractivity contribution in [2.24, 2.45) is 0 Å². The van der Waals surface area contributed by atoms with E-state index in [2.05, 4.69) is 60.1 Å². The first-order chi connectivity index (χ1) is 9.93. The second-order valence-corrected chi connectivity index (χ2v) is 4.73. The van der Waals surface area contributed by atoms with Gasteiger partial charge in [-0.25, -0.2) is 0 Å². The van der Waals surface area contributed by atoms with Crippen LogP contribution >= 0.6 is 0 Å². The van der Waals surface area contributed by atoms with E-state index in [1.54, 1.807) is 0 Å². The predicted octanol–water partition coefficient (Wildman–Crippen LogP) is 4.06. The van der Waals surface area contributed by atoms with Crippen LogP contribution in [0.15, 0.2) is 72.8 Å². The van der Waals surface area contributed by atoms with Gasteiger partial charge < -0.3 is 0 Å². The van der Waals surface area contributed by atoms with Crippen molar-refractivity contribution in [3.63, 3.8) is 0 Å². The molecule has 3 aromatic rings. The third-order valence-corrected chi connectivity index (χ3v) is 3.33. The summed E-state index contributed by atoms with van der Waals surface area (Å²) in [6, 6.07) is 24.9. The summed E-state index contributed by atoms with van der Waals surface area (Å²) in [6.07, 6.45) is 0. The monoisotopic (exact) mass is 263 g/mol. The van der Waals surface area contributed by atoms with Crippen molar-refractivity contribution in [2.75, 3.05) is 0 Å². The first kappa shape index (κ1) is 12.9. The maximum absolute atomic E-state index is 5.52. The van der Waals surface area contributed by atoms with Gasteiger partial charge in [0.15, 0.2) is 0 Å². The lowest BCUT2D eigenvalue weighted by Gasteiger charge is -2.08. The Balaban J connectivity index is 1.60. The number of nitrogens with one attached hydrogen (secondary N) is 1. The zero-order chi connectivity index (χ0) is 13.6. The molecule has 0 atom stereocenters. The molecule has 0 fully saturated rings. The minimum atomic E-state index is 0.575. The molecule has 0 aliphatic carbocycles. The summed E-state index contributed by atoms with van der Waals surface area (Å²) in [5, 5.41) is 2.53. The van der Waals surface area contributed by atoms with Crippen LogP contribution in [0.4, 0.5) is 0 Å². The van der Waals surface area contributed by atoms with Gasteiger partial charge in [0, 0.05) is 6.54 Å². The van der Waals surface area contributed by atoms with Gasteiger partial charge in [-0.2, -0.15) is 5.48 Å². The molecule has 2 nitrogen and oxygen atoms in total. The van der Waals surface area contributed by atoms with Crippen molar-refractivity contribution in [1.82, 2.24) is 5.48 Å². The van der Waals surface area contributed by atoms with Crippen LogP contribution in [0.5, 0.6) is 0 Å². The van der Waals surface area contributed by atoms with Crippen LogP contribution in [-0.4, -0.2) is 0 Å². The molecular formula is C18H17NO. The second-order valence-electron chi connectivity index (χ2n) is 4.73. The van der Waals surface area contributed by atoms with Gasteiger partial charge in [-0.3, -0.25) is 4.84 Å². The Hall–Kier alpha value is -2.16. The van der Waals surface area contributed by atoms with Gasteiger partial charge in [0.25, 0.3) is 0 Å². The van der Waals surface area contributed by atoms with Crippen molar-refractivity contribution in [3.05, 3.63) is 83.9 Å². The van der Waals surface area contributed by atoms with Crippen LogP contribution in [0, 0.1) is 0 Å². The molecule has 2 heteroatoms. The van der Waals surface area contributed by atoms with E-state index in [0.717, 1.165) is 5.56 Å². The lowest BCUT2D eigenvalue weighted by Crippen LogP contribution is -2.14. The molecule has 0 spiro atoms. The van der Waals surface area contributed by atoms with Gasteiger partial charge in [0.1, 0.15) is 0 Å². The quantitative estimate of drug-likeness (QED) is 0.553. The van der Waals surface area contributed by atoms with Crippen LogP contribution in [0.25, 0.3) is 10.8 Å². The van der Waals surface area contributed by atoms with E-state index in [-0.39, 0.29) is 0 Å². The maximum Gasteiger partial charge on any atom is 0.0933 e. The average Bonchev–Trinajstić information content (AvgIpc) is 2.53. The molecule has 0 aliphatic heterocycles. The molecule has 1 N–H and O–H groups in total. The van der Waals surface area contributed by atoms with Gasteiger partial charge >= 0.3 is 0 Å². The van der Waals surface area contributed by atoms with Crippen LogP contribution < -0.4 is 5.48 Å². The molecule has 0 radical (unpaired) electrons. The third-order valence-electron chi connectivity index (χ3n) is 3.33. The molecule has 3 aromatic carbocycles. The smallest absolute Gasteiger partial charge is 0.0933 e. The van der Waals surface area contributed by atoms with Crippen molar-refractivity contribution in [3.8, 4) is 0 Å². The van der Waals surface area contributed by atoms with E-state index in [4.69, 9.17) is 4.84 Å². The molecule has 0 unspecified atom stereocenters. The fraction of sp³-hybridized carbons (Fsp3) is 0.111. The van der Waals surface area contributed by atoms with E-state index >= 15 is 0 Å². The largest absolute Gasteiger partial charge is 0.297 e. The highest BCUT2D eigenvalue weighted by Gasteiger charge is 1.99. The summed E-state index contributed by atoms with van der Waals surface area (Å²) < 4.78 is 0. The number of fused-ring (bicyclic) bond motifs is 1. The van der Waals surface area contributed by atoms with Gasteiger partial charge in [-0.15, -0.1) is 0 Å². The molecule has 0 aromatic heterocycles. The molecule has 0 aliphatic rings. The minimum absolute atomic E-state index is 0.575. The fourth-order valence-electron chi connectivity index (χ4n) is 2.28. The van der Waals surface area contributed by atoms with Gasteiger partial charge in [0.05, 0.1) is 6.61 Å². The van der Waals surface area contributed by atoms with E-state index in [9.17, 15) is 0 Å². The summed E-state index contributed by atoms with van der Waals surface area (Å²) in [6.45, 7) is 1.28. The first-order valence-corrected chi connectivity index (χ1v) is 6.79. The Labute approximate surface area is 119 Å². The Morgan fingerprint density at radius 2 is 1.50 bits per heavy atom. The number of hydrogen-bond donors (Lipinski definition) is 1. The number of hydroxylamine groups is 1.